The summed E-state index contributed by atoms with van der Waals surface area (Å²) in [5.74, 6) is 1.69. The molecule has 1 aromatic carbocycles. The van der Waals surface area contributed by atoms with E-state index >= 15 is 0 Å². The topological polar surface area (TPSA) is 44.5 Å². The maximum atomic E-state index is 6.30. The number of hydrogen-bond donors (Lipinski definition) is 1. The molecule has 3 nitrogen and oxygen atoms in total. The molecule has 2 N–H and O–H groups in total. The maximum absolute atomic E-state index is 6.30. The second-order valence-corrected chi connectivity index (χ2v) is 7.91. The standard InChI is InChI=1S/C19H28BrNO2/c1-22-18-16(20)11-14(19(13-21)9-5-2-6-10-19)12-17(18)23-15-7-3-4-8-15/h11-12,15H,2-10,13,21H2,1H3. The zero-order chi connectivity index (χ0) is 16.3. The highest BCUT2D eigenvalue weighted by Crippen LogP contribution is 2.45. The normalized spacial score (nSPS) is 21.3. The van der Waals surface area contributed by atoms with E-state index in [2.05, 4.69) is 28.1 Å². The summed E-state index contributed by atoms with van der Waals surface area (Å²) in [5, 5.41) is 0. The van der Waals surface area contributed by atoms with E-state index in [0.29, 0.717) is 12.6 Å². The molecule has 2 saturated carbocycles. The summed E-state index contributed by atoms with van der Waals surface area (Å²) in [7, 11) is 1.71. The van der Waals surface area contributed by atoms with Gasteiger partial charge in [0.25, 0.3) is 0 Å². The average molecular weight is 382 g/mol. The zero-order valence-corrected chi connectivity index (χ0v) is 15.7. The van der Waals surface area contributed by atoms with Crippen molar-refractivity contribution in [2.24, 2.45) is 5.73 Å². The first-order chi connectivity index (χ1) is 11.2. The van der Waals surface area contributed by atoms with E-state index < -0.39 is 0 Å². The highest BCUT2D eigenvalue weighted by molar-refractivity contribution is 9.10. The Hall–Kier alpha value is -0.740. The third kappa shape index (κ3) is 3.53. The van der Waals surface area contributed by atoms with Gasteiger partial charge in [0.2, 0.25) is 0 Å². The van der Waals surface area contributed by atoms with Crippen LogP contribution in [0.2, 0.25) is 0 Å². The molecule has 0 heterocycles. The molecule has 0 radical (unpaired) electrons. The van der Waals surface area contributed by atoms with Gasteiger partial charge in [-0.2, -0.15) is 0 Å². The van der Waals surface area contributed by atoms with Crippen molar-refractivity contribution in [3.63, 3.8) is 0 Å². The molecule has 0 unspecified atom stereocenters. The quantitative estimate of drug-likeness (QED) is 0.785. The van der Waals surface area contributed by atoms with Crippen LogP contribution >= 0.6 is 15.9 Å². The smallest absolute Gasteiger partial charge is 0.174 e. The van der Waals surface area contributed by atoms with Crippen LogP contribution in [0.15, 0.2) is 16.6 Å². The number of methoxy groups -OCH3 is 1. The minimum atomic E-state index is 0.0980. The van der Waals surface area contributed by atoms with Crippen LogP contribution in [-0.4, -0.2) is 19.8 Å². The number of ether oxygens (including phenoxy) is 2. The maximum Gasteiger partial charge on any atom is 0.174 e. The van der Waals surface area contributed by atoms with Gasteiger partial charge in [0.1, 0.15) is 0 Å². The van der Waals surface area contributed by atoms with Crippen molar-refractivity contribution in [1.29, 1.82) is 0 Å². The van der Waals surface area contributed by atoms with Crippen LogP contribution in [0.4, 0.5) is 0 Å². The summed E-state index contributed by atoms with van der Waals surface area (Å²) >= 11 is 3.68. The molecule has 0 aromatic heterocycles. The van der Waals surface area contributed by atoms with E-state index in [1.165, 1.54) is 50.5 Å². The first-order valence-corrected chi connectivity index (χ1v) is 9.72. The second-order valence-electron chi connectivity index (χ2n) is 7.06. The Morgan fingerprint density at radius 2 is 1.83 bits per heavy atom. The Morgan fingerprint density at radius 1 is 1.13 bits per heavy atom. The molecular weight excluding hydrogens is 354 g/mol. The largest absolute Gasteiger partial charge is 0.492 e. The van der Waals surface area contributed by atoms with Crippen LogP contribution in [0, 0.1) is 0 Å². The van der Waals surface area contributed by atoms with E-state index in [0.717, 1.165) is 28.8 Å². The van der Waals surface area contributed by atoms with Gasteiger partial charge in [0, 0.05) is 12.0 Å². The summed E-state index contributed by atoms with van der Waals surface area (Å²) in [6, 6.07) is 4.39. The monoisotopic (exact) mass is 381 g/mol. The van der Waals surface area contributed by atoms with Gasteiger partial charge in [-0.15, -0.1) is 0 Å². The van der Waals surface area contributed by atoms with Crippen molar-refractivity contribution in [2.45, 2.75) is 69.3 Å². The summed E-state index contributed by atoms with van der Waals surface area (Å²) < 4.78 is 12.9. The Morgan fingerprint density at radius 3 is 2.43 bits per heavy atom. The zero-order valence-electron chi connectivity index (χ0n) is 14.1. The second kappa shape index (κ2) is 7.43. The molecule has 0 aliphatic heterocycles. The number of hydrogen-bond acceptors (Lipinski definition) is 3. The number of benzene rings is 1. The predicted octanol–water partition coefficient (Wildman–Crippen LogP) is 4.94. The van der Waals surface area contributed by atoms with Crippen LogP contribution in [-0.2, 0) is 5.41 Å². The molecule has 2 aliphatic rings. The lowest BCUT2D eigenvalue weighted by Gasteiger charge is -2.37. The average Bonchev–Trinajstić information content (AvgIpc) is 3.08. The van der Waals surface area contributed by atoms with Gasteiger partial charge in [-0.25, -0.2) is 0 Å². The van der Waals surface area contributed by atoms with Gasteiger partial charge in [-0.1, -0.05) is 19.3 Å². The van der Waals surface area contributed by atoms with Crippen LogP contribution in [0.3, 0.4) is 0 Å². The fourth-order valence-electron chi connectivity index (χ4n) is 4.19. The predicted molar refractivity (Wildman–Crippen MR) is 97.4 cm³/mol. The summed E-state index contributed by atoms with van der Waals surface area (Å²) in [6.07, 6.45) is 11.3. The van der Waals surface area contributed by atoms with Crippen LogP contribution in [0.1, 0.15) is 63.4 Å². The first kappa shape index (κ1) is 17.1. The van der Waals surface area contributed by atoms with E-state index in [9.17, 15) is 0 Å². The Labute approximate surface area is 148 Å². The van der Waals surface area contributed by atoms with Crippen molar-refractivity contribution in [2.75, 3.05) is 13.7 Å². The minimum Gasteiger partial charge on any atom is -0.492 e. The number of rotatable bonds is 5. The van der Waals surface area contributed by atoms with E-state index in [1.54, 1.807) is 7.11 Å². The molecule has 0 amide bonds. The molecular formula is C19H28BrNO2. The molecule has 0 bridgehead atoms. The van der Waals surface area contributed by atoms with Gasteiger partial charge in [-0.3, -0.25) is 0 Å². The Kier molecular flexibility index (Phi) is 5.53. The number of halogens is 1. The molecule has 0 atom stereocenters. The van der Waals surface area contributed by atoms with Crippen LogP contribution in [0.25, 0.3) is 0 Å². The van der Waals surface area contributed by atoms with Crippen LogP contribution < -0.4 is 15.2 Å². The molecule has 128 valence electrons. The SMILES string of the molecule is COc1c(Br)cc(C2(CN)CCCCC2)cc1OC1CCCC1. The van der Waals surface area contributed by atoms with E-state index in [1.807, 2.05) is 0 Å². The molecule has 0 spiro atoms. The molecule has 2 fully saturated rings. The van der Waals surface area contributed by atoms with Gasteiger partial charge in [0.05, 0.1) is 17.7 Å². The molecule has 1 aromatic rings. The minimum absolute atomic E-state index is 0.0980. The highest BCUT2D eigenvalue weighted by atomic mass is 79.9. The van der Waals surface area contributed by atoms with Gasteiger partial charge in [-0.05, 0) is 72.2 Å². The summed E-state index contributed by atoms with van der Waals surface area (Å²) in [5.41, 5.74) is 7.62. The highest BCUT2D eigenvalue weighted by Gasteiger charge is 2.34. The molecule has 0 saturated heterocycles. The Bertz CT molecular complexity index is 534. The lowest BCUT2D eigenvalue weighted by Crippen LogP contribution is -2.37. The lowest BCUT2D eigenvalue weighted by atomic mass is 9.69. The van der Waals surface area contributed by atoms with Gasteiger partial charge >= 0.3 is 0 Å². The van der Waals surface area contributed by atoms with Crippen molar-refractivity contribution < 1.29 is 9.47 Å². The Balaban J connectivity index is 1.95. The first-order valence-electron chi connectivity index (χ1n) is 8.93. The third-order valence-electron chi connectivity index (χ3n) is 5.62. The summed E-state index contributed by atoms with van der Waals surface area (Å²) in [4.78, 5) is 0. The summed E-state index contributed by atoms with van der Waals surface area (Å²) in [6.45, 7) is 0.703. The van der Waals surface area contributed by atoms with E-state index in [4.69, 9.17) is 15.2 Å². The van der Waals surface area contributed by atoms with Gasteiger partial charge in [0.15, 0.2) is 11.5 Å². The molecule has 2 aliphatic carbocycles. The molecule has 3 rings (SSSR count). The fraction of sp³-hybridized carbons (Fsp3) is 0.684. The fourth-order valence-corrected chi connectivity index (χ4v) is 4.79. The van der Waals surface area contributed by atoms with Crippen molar-refractivity contribution in [3.8, 4) is 11.5 Å². The van der Waals surface area contributed by atoms with Gasteiger partial charge < -0.3 is 15.2 Å². The molecule has 4 heteroatoms. The van der Waals surface area contributed by atoms with Crippen molar-refractivity contribution >= 4 is 15.9 Å². The number of nitrogens with two attached hydrogens (primary N) is 1. The van der Waals surface area contributed by atoms with Crippen molar-refractivity contribution in [1.82, 2.24) is 0 Å². The third-order valence-corrected chi connectivity index (χ3v) is 6.21. The lowest BCUT2D eigenvalue weighted by molar-refractivity contribution is 0.199. The molecule has 23 heavy (non-hydrogen) atoms. The van der Waals surface area contributed by atoms with Crippen molar-refractivity contribution in [3.05, 3.63) is 22.2 Å². The van der Waals surface area contributed by atoms with Crippen LogP contribution in [0.5, 0.6) is 11.5 Å². The van der Waals surface area contributed by atoms with E-state index in [-0.39, 0.29) is 5.41 Å².